The summed E-state index contributed by atoms with van der Waals surface area (Å²) in [5.41, 5.74) is 1.93. The van der Waals surface area contributed by atoms with Crippen LogP contribution in [-0.2, 0) is 4.74 Å². The van der Waals surface area contributed by atoms with Gasteiger partial charge in [0.25, 0.3) is 0 Å². The van der Waals surface area contributed by atoms with Crippen molar-refractivity contribution in [3.8, 4) is 23.3 Å². The molecule has 1 saturated heterocycles. The summed E-state index contributed by atoms with van der Waals surface area (Å²) in [7, 11) is 1.45. The third-order valence-electron chi connectivity index (χ3n) is 6.10. The number of anilines is 1. The number of aromatic nitrogens is 3. The van der Waals surface area contributed by atoms with E-state index in [0.717, 1.165) is 5.69 Å². The number of benzene rings is 3. The maximum absolute atomic E-state index is 13.2. The third-order valence-corrected chi connectivity index (χ3v) is 6.10. The van der Waals surface area contributed by atoms with Gasteiger partial charge >= 0.3 is 5.97 Å². The summed E-state index contributed by atoms with van der Waals surface area (Å²) in [6.07, 6.45) is 1.67. The van der Waals surface area contributed by atoms with Gasteiger partial charge in [0.15, 0.2) is 17.3 Å². The van der Waals surface area contributed by atoms with Crippen molar-refractivity contribution in [1.82, 2.24) is 14.8 Å². The van der Waals surface area contributed by atoms with Gasteiger partial charge in [-0.1, -0.05) is 24.3 Å². The Bertz CT molecular complexity index is 1540. The largest absolute Gasteiger partial charge is 0.493 e. The van der Waals surface area contributed by atoms with Crippen molar-refractivity contribution in [2.24, 2.45) is 0 Å². The highest BCUT2D eigenvalue weighted by Gasteiger charge is 2.23. The number of para-hydroxylation sites is 1. The molecule has 0 spiro atoms. The zero-order valence-corrected chi connectivity index (χ0v) is 21.1. The Balaban J connectivity index is 1.48. The molecule has 9 nitrogen and oxygen atoms in total. The van der Waals surface area contributed by atoms with E-state index in [2.05, 4.69) is 21.2 Å². The topological polar surface area (TPSA) is 102 Å². The summed E-state index contributed by atoms with van der Waals surface area (Å²) < 4.78 is 31.4. The SMILES string of the molecule is COc1cc(/C=C(\C#N)c2nnc(N3CCOCC3)n2-c2ccccc2)ccc1OC(=O)c1ccc(F)cc1. The molecule has 0 amide bonds. The molecule has 0 unspecified atom stereocenters. The number of halogens is 1. The van der Waals surface area contributed by atoms with Crippen LogP contribution in [0.4, 0.5) is 10.3 Å². The molecule has 0 bridgehead atoms. The Hall–Kier alpha value is -5.01. The summed E-state index contributed by atoms with van der Waals surface area (Å²) in [5.74, 6) is 0.381. The van der Waals surface area contributed by atoms with E-state index in [1.807, 2.05) is 34.9 Å². The molecule has 1 fully saturated rings. The average molecular weight is 526 g/mol. The number of hydrogen-bond donors (Lipinski definition) is 0. The van der Waals surface area contributed by atoms with Gasteiger partial charge in [0.05, 0.1) is 37.1 Å². The van der Waals surface area contributed by atoms with Crippen LogP contribution in [0.25, 0.3) is 17.3 Å². The van der Waals surface area contributed by atoms with Gasteiger partial charge in [0.2, 0.25) is 5.95 Å². The fraction of sp³-hybridized carbons (Fsp3) is 0.172. The molecular weight excluding hydrogens is 501 g/mol. The second-order valence-corrected chi connectivity index (χ2v) is 8.57. The van der Waals surface area contributed by atoms with Gasteiger partial charge in [-0.25, -0.2) is 9.18 Å². The Morgan fingerprint density at radius 3 is 2.46 bits per heavy atom. The zero-order chi connectivity index (χ0) is 27.2. The molecule has 0 N–H and O–H groups in total. The maximum Gasteiger partial charge on any atom is 0.343 e. The van der Waals surface area contributed by atoms with E-state index in [-0.39, 0.29) is 22.6 Å². The smallest absolute Gasteiger partial charge is 0.343 e. The second-order valence-electron chi connectivity index (χ2n) is 8.57. The number of esters is 1. The molecule has 1 aliphatic heterocycles. The van der Waals surface area contributed by atoms with Crippen LogP contribution in [0.1, 0.15) is 21.7 Å². The van der Waals surface area contributed by atoms with E-state index in [1.54, 1.807) is 24.3 Å². The van der Waals surface area contributed by atoms with Gasteiger partial charge in [0, 0.05) is 13.1 Å². The number of ether oxygens (including phenoxy) is 3. The lowest BCUT2D eigenvalue weighted by Crippen LogP contribution is -2.38. The van der Waals surface area contributed by atoms with Crippen molar-refractivity contribution in [2.75, 3.05) is 38.3 Å². The summed E-state index contributed by atoms with van der Waals surface area (Å²) in [6, 6.07) is 21.8. The minimum atomic E-state index is -0.652. The molecule has 5 rings (SSSR count). The summed E-state index contributed by atoms with van der Waals surface area (Å²) >= 11 is 0. The van der Waals surface area contributed by atoms with Crippen LogP contribution in [-0.4, -0.2) is 54.1 Å². The van der Waals surface area contributed by atoms with Crippen LogP contribution < -0.4 is 14.4 Å². The lowest BCUT2D eigenvalue weighted by Gasteiger charge is -2.28. The summed E-state index contributed by atoms with van der Waals surface area (Å²) in [5, 5.41) is 18.9. The predicted molar refractivity (Wildman–Crippen MR) is 142 cm³/mol. The van der Waals surface area contributed by atoms with Crippen LogP contribution in [0.3, 0.4) is 0 Å². The Morgan fingerprint density at radius 1 is 1.03 bits per heavy atom. The molecule has 0 radical (unpaired) electrons. The van der Waals surface area contributed by atoms with Crippen molar-refractivity contribution < 1.29 is 23.4 Å². The number of methoxy groups -OCH3 is 1. The van der Waals surface area contributed by atoms with E-state index in [9.17, 15) is 14.4 Å². The fourth-order valence-corrected chi connectivity index (χ4v) is 4.15. The standard InChI is InChI=1S/C29H24FN5O4/c1-37-26-18-20(7-12-25(26)39-28(36)21-8-10-23(30)11-9-21)17-22(19-31)27-32-33-29(34-13-15-38-16-14-34)35(27)24-5-3-2-4-6-24/h2-12,17-18H,13-16H2,1H3/b22-17+. The van der Waals surface area contributed by atoms with Gasteiger partial charge in [0.1, 0.15) is 11.9 Å². The molecule has 1 aliphatic rings. The van der Waals surface area contributed by atoms with Crippen molar-refractivity contribution in [3.63, 3.8) is 0 Å². The first-order chi connectivity index (χ1) is 19.1. The average Bonchev–Trinajstić information content (AvgIpc) is 3.43. The van der Waals surface area contributed by atoms with Gasteiger partial charge in [-0.3, -0.25) is 4.57 Å². The lowest BCUT2D eigenvalue weighted by atomic mass is 10.1. The normalized spacial score (nSPS) is 13.6. The molecule has 10 heteroatoms. The molecule has 0 atom stereocenters. The Kier molecular flexibility index (Phi) is 7.61. The number of allylic oxidation sites excluding steroid dienone is 1. The van der Waals surface area contributed by atoms with Crippen molar-refractivity contribution >= 4 is 23.6 Å². The maximum atomic E-state index is 13.2. The molecule has 196 valence electrons. The van der Waals surface area contributed by atoms with Crippen LogP contribution in [0.2, 0.25) is 0 Å². The van der Waals surface area contributed by atoms with E-state index < -0.39 is 11.8 Å². The van der Waals surface area contributed by atoms with Crippen LogP contribution >= 0.6 is 0 Å². The highest BCUT2D eigenvalue weighted by molar-refractivity contribution is 5.92. The fourth-order valence-electron chi connectivity index (χ4n) is 4.15. The van der Waals surface area contributed by atoms with E-state index >= 15 is 0 Å². The second kappa shape index (κ2) is 11.6. The molecule has 2 heterocycles. The number of nitriles is 1. The van der Waals surface area contributed by atoms with Gasteiger partial charge < -0.3 is 19.1 Å². The molecule has 3 aromatic carbocycles. The molecule has 0 aliphatic carbocycles. The molecule has 4 aromatic rings. The Labute approximate surface area is 224 Å². The molecule has 39 heavy (non-hydrogen) atoms. The Morgan fingerprint density at radius 2 is 1.77 bits per heavy atom. The first-order valence-electron chi connectivity index (χ1n) is 12.2. The van der Waals surface area contributed by atoms with E-state index in [0.29, 0.717) is 43.6 Å². The molecule has 1 aromatic heterocycles. The number of morpholine rings is 1. The highest BCUT2D eigenvalue weighted by Crippen LogP contribution is 2.31. The van der Waals surface area contributed by atoms with Gasteiger partial charge in [-0.2, -0.15) is 5.26 Å². The first kappa shape index (κ1) is 25.6. The number of nitrogens with zero attached hydrogens (tertiary/aromatic N) is 5. The quantitative estimate of drug-likeness (QED) is 0.197. The van der Waals surface area contributed by atoms with Crippen LogP contribution in [0, 0.1) is 17.1 Å². The lowest BCUT2D eigenvalue weighted by molar-refractivity contribution is 0.0729. The minimum absolute atomic E-state index is 0.185. The summed E-state index contributed by atoms with van der Waals surface area (Å²) in [6.45, 7) is 2.48. The van der Waals surface area contributed by atoms with Gasteiger partial charge in [-0.15, -0.1) is 10.2 Å². The monoisotopic (exact) mass is 525 g/mol. The van der Waals surface area contributed by atoms with Crippen LogP contribution in [0.15, 0.2) is 72.8 Å². The van der Waals surface area contributed by atoms with Crippen molar-refractivity contribution in [2.45, 2.75) is 0 Å². The van der Waals surface area contributed by atoms with Crippen molar-refractivity contribution in [3.05, 3.63) is 95.6 Å². The predicted octanol–water partition coefficient (Wildman–Crippen LogP) is 4.53. The number of carbonyl (C=O) groups is 1. The number of carbonyl (C=O) groups excluding carboxylic acids is 1. The number of rotatable bonds is 7. The minimum Gasteiger partial charge on any atom is -0.493 e. The number of hydrogen-bond acceptors (Lipinski definition) is 8. The molecular formula is C29H24FN5O4. The first-order valence-corrected chi connectivity index (χ1v) is 12.2. The van der Waals surface area contributed by atoms with Crippen molar-refractivity contribution in [1.29, 1.82) is 5.26 Å². The third kappa shape index (κ3) is 5.63. The zero-order valence-electron chi connectivity index (χ0n) is 21.1. The highest BCUT2D eigenvalue weighted by atomic mass is 19.1. The molecule has 0 saturated carbocycles. The summed E-state index contributed by atoms with van der Waals surface area (Å²) in [4.78, 5) is 14.6. The van der Waals surface area contributed by atoms with Crippen LogP contribution in [0.5, 0.6) is 11.5 Å². The van der Waals surface area contributed by atoms with E-state index in [4.69, 9.17) is 14.2 Å². The van der Waals surface area contributed by atoms with Gasteiger partial charge in [-0.05, 0) is 60.2 Å². The van der Waals surface area contributed by atoms with E-state index in [1.165, 1.54) is 31.4 Å².